The van der Waals surface area contributed by atoms with Crippen LogP contribution in [0.15, 0.2) is 30.6 Å². The number of H-pyrrole nitrogens is 1. The lowest BCUT2D eigenvalue weighted by Gasteiger charge is -2.26. The van der Waals surface area contributed by atoms with Gasteiger partial charge in [-0.05, 0) is 24.6 Å². The Morgan fingerprint density at radius 2 is 2.05 bits per heavy atom. The van der Waals surface area contributed by atoms with Crippen molar-refractivity contribution in [2.24, 2.45) is 0 Å². The van der Waals surface area contributed by atoms with Gasteiger partial charge in [0.25, 0.3) is 0 Å². The highest BCUT2D eigenvalue weighted by atomic mass is 35.5. The van der Waals surface area contributed by atoms with E-state index in [1.165, 1.54) is 6.33 Å². The largest absolute Gasteiger partial charge is 0.301 e. The van der Waals surface area contributed by atoms with Gasteiger partial charge in [0.05, 0.1) is 19.2 Å². The first-order valence-corrected chi connectivity index (χ1v) is 6.98. The molecule has 110 valence electrons. The second-order valence-electron chi connectivity index (χ2n) is 4.97. The highest BCUT2D eigenvalue weighted by Gasteiger charge is 2.49. The molecule has 1 aromatic carbocycles. The Labute approximate surface area is 127 Å². The number of hydroxylamine groups is 2. The monoisotopic (exact) mass is 306 g/mol. The molecule has 6 nitrogen and oxygen atoms in total. The van der Waals surface area contributed by atoms with Gasteiger partial charge in [-0.3, -0.25) is 9.89 Å². The lowest BCUT2D eigenvalue weighted by molar-refractivity contribution is -0.170. The molecule has 0 radical (unpaired) electrons. The molecule has 1 aliphatic heterocycles. The fraction of sp³-hybridized carbons (Fsp3) is 0.357. The molecule has 0 bridgehead atoms. The number of nitrogens with zero attached hydrogens (tertiary/aromatic N) is 3. The number of aromatic amines is 1. The lowest BCUT2D eigenvalue weighted by atomic mass is 9.92. The summed E-state index contributed by atoms with van der Waals surface area (Å²) in [6.07, 6.45) is 1.40. The standard InChI is InChI=1S/C14H15ClN4O2/c1-8-13(20)11(14-16-7-17-18-14)12(19(8)21-2)9-3-5-10(15)6-4-9/h3-8,11-12H,1-2H3,(H,16,17,18). The van der Waals surface area contributed by atoms with E-state index in [2.05, 4.69) is 15.2 Å². The molecule has 1 N–H and O–H groups in total. The Morgan fingerprint density at radius 1 is 1.33 bits per heavy atom. The van der Waals surface area contributed by atoms with Gasteiger partial charge in [-0.2, -0.15) is 10.2 Å². The molecule has 1 fully saturated rings. The van der Waals surface area contributed by atoms with Crippen LogP contribution in [0.1, 0.15) is 30.3 Å². The molecule has 2 heterocycles. The second kappa shape index (κ2) is 5.55. The Morgan fingerprint density at radius 3 is 2.62 bits per heavy atom. The average molecular weight is 307 g/mol. The third-order valence-corrected chi connectivity index (χ3v) is 4.09. The maximum absolute atomic E-state index is 12.6. The van der Waals surface area contributed by atoms with Crippen molar-refractivity contribution in [3.8, 4) is 0 Å². The summed E-state index contributed by atoms with van der Waals surface area (Å²) in [6.45, 7) is 1.82. The number of halogens is 1. The van der Waals surface area contributed by atoms with Crippen LogP contribution in [0, 0.1) is 0 Å². The lowest BCUT2D eigenvalue weighted by Crippen LogP contribution is -2.30. The maximum atomic E-state index is 12.6. The van der Waals surface area contributed by atoms with E-state index in [9.17, 15) is 4.79 Å². The smallest absolute Gasteiger partial charge is 0.164 e. The summed E-state index contributed by atoms with van der Waals surface area (Å²) in [4.78, 5) is 22.2. The zero-order valence-corrected chi connectivity index (χ0v) is 12.4. The van der Waals surface area contributed by atoms with Crippen molar-refractivity contribution in [2.75, 3.05) is 7.11 Å². The van der Waals surface area contributed by atoms with E-state index in [0.717, 1.165) is 5.56 Å². The predicted molar refractivity (Wildman–Crippen MR) is 76.6 cm³/mol. The number of benzene rings is 1. The number of ketones is 1. The maximum Gasteiger partial charge on any atom is 0.164 e. The van der Waals surface area contributed by atoms with E-state index in [0.29, 0.717) is 10.8 Å². The number of hydrogen-bond donors (Lipinski definition) is 1. The normalized spacial score (nSPS) is 26.4. The topological polar surface area (TPSA) is 71.1 Å². The average Bonchev–Trinajstić information content (AvgIpc) is 3.08. The molecule has 0 saturated carbocycles. The molecule has 1 aromatic heterocycles. The van der Waals surface area contributed by atoms with E-state index < -0.39 is 5.92 Å². The van der Waals surface area contributed by atoms with Crippen molar-refractivity contribution in [1.29, 1.82) is 0 Å². The van der Waals surface area contributed by atoms with E-state index in [1.54, 1.807) is 24.3 Å². The number of hydrogen-bond acceptors (Lipinski definition) is 5. The van der Waals surface area contributed by atoms with Crippen LogP contribution in [0.5, 0.6) is 0 Å². The van der Waals surface area contributed by atoms with E-state index in [1.807, 2.05) is 19.1 Å². The zero-order valence-electron chi connectivity index (χ0n) is 11.7. The van der Waals surface area contributed by atoms with Gasteiger partial charge in [0.15, 0.2) is 5.78 Å². The fourth-order valence-electron chi connectivity index (χ4n) is 2.85. The molecule has 0 amide bonds. The Balaban J connectivity index is 2.07. The van der Waals surface area contributed by atoms with Gasteiger partial charge >= 0.3 is 0 Å². The van der Waals surface area contributed by atoms with Gasteiger partial charge < -0.3 is 4.84 Å². The van der Waals surface area contributed by atoms with Crippen LogP contribution in [0.3, 0.4) is 0 Å². The number of carbonyl (C=O) groups is 1. The molecule has 1 aliphatic rings. The highest BCUT2D eigenvalue weighted by molar-refractivity contribution is 6.30. The van der Waals surface area contributed by atoms with Crippen LogP contribution in [-0.4, -0.2) is 39.2 Å². The van der Waals surface area contributed by atoms with Gasteiger partial charge in [-0.1, -0.05) is 23.7 Å². The molecule has 0 spiro atoms. The molecule has 3 atom stereocenters. The third-order valence-electron chi connectivity index (χ3n) is 3.84. The third kappa shape index (κ3) is 2.35. The molecule has 1 saturated heterocycles. The molecular weight excluding hydrogens is 292 g/mol. The number of aromatic nitrogens is 3. The van der Waals surface area contributed by atoms with Crippen LogP contribution in [-0.2, 0) is 9.63 Å². The van der Waals surface area contributed by atoms with E-state index in [4.69, 9.17) is 16.4 Å². The summed E-state index contributed by atoms with van der Waals surface area (Å²) in [5.41, 5.74) is 0.945. The van der Waals surface area contributed by atoms with E-state index in [-0.39, 0.29) is 17.9 Å². The van der Waals surface area contributed by atoms with Crippen molar-refractivity contribution >= 4 is 17.4 Å². The number of nitrogens with one attached hydrogen (secondary N) is 1. The van der Waals surface area contributed by atoms with Crippen LogP contribution in [0.4, 0.5) is 0 Å². The van der Waals surface area contributed by atoms with Crippen LogP contribution >= 0.6 is 11.6 Å². The van der Waals surface area contributed by atoms with Gasteiger partial charge in [0.1, 0.15) is 18.1 Å². The van der Waals surface area contributed by atoms with Crippen molar-refractivity contribution < 1.29 is 9.63 Å². The van der Waals surface area contributed by atoms with Gasteiger partial charge in [0.2, 0.25) is 0 Å². The first kappa shape index (κ1) is 14.2. The van der Waals surface area contributed by atoms with Crippen molar-refractivity contribution in [3.05, 3.63) is 47.0 Å². The first-order valence-electron chi connectivity index (χ1n) is 6.60. The molecule has 3 unspecified atom stereocenters. The molecule has 0 aliphatic carbocycles. The summed E-state index contributed by atoms with van der Waals surface area (Å²) in [7, 11) is 1.56. The predicted octanol–water partition coefficient (Wildman–Crippen LogP) is 2.12. The van der Waals surface area contributed by atoms with Crippen LogP contribution < -0.4 is 0 Å². The summed E-state index contributed by atoms with van der Waals surface area (Å²) in [5.74, 6) is 0.156. The van der Waals surface area contributed by atoms with Crippen molar-refractivity contribution in [3.63, 3.8) is 0 Å². The molecular formula is C14H15ClN4O2. The van der Waals surface area contributed by atoms with E-state index >= 15 is 0 Å². The quantitative estimate of drug-likeness (QED) is 0.940. The Hall–Kier alpha value is -1.76. The number of carbonyl (C=O) groups excluding carboxylic acids is 1. The molecule has 7 heteroatoms. The summed E-state index contributed by atoms with van der Waals surface area (Å²) in [5, 5.41) is 8.99. The minimum atomic E-state index is -0.441. The molecule has 2 aromatic rings. The van der Waals surface area contributed by atoms with Gasteiger partial charge in [-0.25, -0.2) is 4.98 Å². The minimum absolute atomic E-state index is 0.0496. The zero-order chi connectivity index (χ0) is 15.0. The molecule has 3 rings (SSSR count). The highest BCUT2D eigenvalue weighted by Crippen LogP contribution is 2.43. The Bertz CT molecular complexity index is 629. The summed E-state index contributed by atoms with van der Waals surface area (Å²) < 4.78 is 0. The van der Waals surface area contributed by atoms with Crippen molar-refractivity contribution in [1.82, 2.24) is 20.2 Å². The second-order valence-corrected chi connectivity index (χ2v) is 5.40. The SMILES string of the molecule is CON1C(C)C(=O)C(c2ncn[nH]2)C1c1ccc(Cl)cc1. The Kier molecular flexibility index (Phi) is 3.75. The van der Waals surface area contributed by atoms with Crippen molar-refractivity contribution in [2.45, 2.75) is 24.9 Å². The van der Waals surface area contributed by atoms with Crippen LogP contribution in [0.25, 0.3) is 0 Å². The molecule has 21 heavy (non-hydrogen) atoms. The van der Waals surface area contributed by atoms with Gasteiger partial charge in [0, 0.05) is 5.02 Å². The fourth-order valence-corrected chi connectivity index (χ4v) is 2.97. The number of Topliss-reactive ketones (excluding diaryl/α,β-unsaturated/α-hetero) is 1. The number of rotatable bonds is 3. The van der Waals surface area contributed by atoms with Crippen LogP contribution in [0.2, 0.25) is 5.02 Å². The summed E-state index contributed by atoms with van der Waals surface area (Å²) in [6, 6.07) is 6.78. The minimum Gasteiger partial charge on any atom is -0.301 e. The summed E-state index contributed by atoms with van der Waals surface area (Å²) >= 11 is 5.94. The van der Waals surface area contributed by atoms with Gasteiger partial charge in [-0.15, -0.1) is 0 Å². The first-order chi connectivity index (χ1) is 10.1.